The predicted molar refractivity (Wildman–Crippen MR) is 101 cm³/mol. The van der Waals surface area contributed by atoms with Crippen LogP contribution in [-0.2, 0) is 11.3 Å². The van der Waals surface area contributed by atoms with E-state index in [0.29, 0.717) is 13.2 Å². The molecule has 132 valence electrons. The highest BCUT2D eigenvalue weighted by atomic mass is 16.5. The molecule has 0 amide bonds. The fourth-order valence-electron chi connectivity index (χ4n) is 3.33. The van der Waals surface area contributed by atoms with Gasteiger partial charge in [-0.2, -0.15) is 0 Å². The predicted octanol–water partition coefficient (Wildman–Crippen LogP) is 5.43. The van der Waals surface area contributed by atoms with Crippen molar-refractivity contribution in [2.24, 2.45) is 5.92 Å². The average Bonchev–Trinajstić information content (AvgIpc) is 2.61. The minimum atomic E-state index is -0.697. The Morgan fingerprint density at radius 3 is 2.83 bits per heavy atom. The zero-order valence-corrected chi connectivity index (χ0v) is 15.0. The lowest BCUT2D eigenvalue weighted by atomic mass is 9.75. The summed E-state index contributed by atoms with van der Waals surface area (Å²) in [4.78, 5) is 0. The molecule has 0 aromatic heterocycles. The summed E-state index contributed by atoms with van der Waals surface area (Å²) in [6.45, 7) is 3.37. The van der Waals surface area contributed by atoms with Crippen molar-refractivity contribution in [2.75, 3.05) is 6.61 Å². The van der Waals surface area contributed by atoms with Crippen molar-refractivity contribution >= 4 is 0 Å². The molecule has 2 rings (SSSR count). The van der Waals surface area contributed by atoms with E-state index in [-0.39, 0.29) is 5.92 Å². The van der Waals surface area contributed by atoms with Gasteiger partial charge in [0, 0.05) is 5.92 Å². The van der Waals surface area contributed by atoms with Crippen LogP contribution in [-0.4, -0.2) is 17.3 Å². The molecule has 0 saturated heterocycles. The van der Waals surface area contributed by atoms with Crippen molar-refractivity contribution < 1.29 is 9.84 Å². The normalized spacial score (nSPS) is 24.8. The first-order valence-electron chi connectivity index (χ1n) is 9.43. The van der Waals surface area contributed by atoms with Crippen LogP contribution in [0.3, 0.4) is 0 Å². The molecule has 1 aromatic carbocycles. The molecule has 2 atom stereocenters. The quantitative estimate of drug-likeness (QED) is 0.484. The third kappa shape index (κ3) is 6.26. The number of allylic oxidation sites excluding steroid dienone is 1. The Labute approximate surface area is 147 Å². The standard InChI is InChI=1S/C22H32O2/c1-2-3-4-8-14-21-15-9-10-16-22(21,23)17-11-18-24-19-20-12-6-5-7-13-20/h5-8,11-14,17,21,23H,2-4,9-10,15-16,18-19H2,1H3/b14-8-,17-11+/t21-,22-/m0/s1. The van der Waals surface area contributed by atoms with Crippen LogP contribution in [0.15, 0.2) is 54.6 Å². The molecule has 1 N–H and O–H groups in total. The van der Waals surface area contributed by atoms with Gasteiger partial charge in [0.2, 0.25) is 0 Å². The van der Waals surface area contributed by atoms with Gasteiger partial charge >= 0.3 is 0 Å². The fourth-order valence-corrected chi connectivity index (χ4v) is 3.33. The maximum absolute atomic E-state index is 11.0. The lowest BCUT2D eigenvalue weighted by Gasteiger charge is -2.36. The summed E-state index contributed by atoms with van der Waals surface area (Å²) >= 11 is 0. The van der Waals surface area contributed by atoms with Gasteiger partial charge in [0.05, 0.1) is 18.8 Å². The molecule has 2 nitrogen and oxygen atoms in total. The minimum Gasteiger partial charge on any atom is -0.385 e. The smallest absolute Gasteiger partial charge is 0.0890 e. The van der Waals surface area contributed by atoms with E-state index in [1.807, 2.05) is 30.4 Å². The molecule has 0 aliphatic heterocycles. The van der Waals surface area contributed by atoms with Gasteiger partial charge in [0.15, 0.2) is 0 Å². The first kappa shape index (κ1) is 19.0. The first-order valence-corrected chi connectivity index (χ1v) is 9.43. The van der Waals surface area contributed by atoms with Gasteiger partial charge in [-0.1, -0.05) is 87.2 Å². The summed E-state index contributed by atoms with van der Waals surface area (Å²) in [7, 11) is 0. The number of aliphatic hydroxyl groups is 1. The average molecular weight is 328 g/mol. The summed E-state index contributed by atoms with van der Waals surface area (Å²) in [6, 6.07) is 10.2. The SMILES string of the molecule is CCCC/C=C\[C@H]1CCCC[C@]1(O)/C=C/COCc1ccccc1. The van der Waals surface area contributed by atoms with Crippen LogP contribution in [0, 0.1) is 5.92 Å². The van der Waals surface area contributed by atoms with Gasteiger partial charge in [0.1, 0.15) is 0 Å². The molecular formula is C22H32O2. The van der Waals surface area contributed by atoms with Crippen LogP contribution in [0.5, 0.6) is 0 Å². The van der Waals surface area contributed by atoms with E-state index in [1.54, 1.807) is 0 Å². The van der Waals surface area contributed by atoms with E-state index in [4.69, 9.17) is 4.74 Å². The number of hydrogen-bond acceptors (Lipinski definition) is 2. The number of hydrogen-bond donors (Lipinski definition) is 1. The molecule has 1 fully saturated rings. The Hall–Kier alpha value is -1.38. The molecule has 0 radical (unpaired) electrons. The molecule has 1 aliphatic carbocycles. The molecule has 1 aliphatic rings. The van der Waals surface area contributed by atoms with Gasteiger partial charge in [-0.25, -0.2) is 0 Å². The van der Waals surface area contributed by atoms with Crippen molar-refractivity contribution in [1.29, 1.82) is 0 Å². The lowest BCUT2D eigenvalue weighted by Crippen LogP contribution is -2.37. The van der Waals surface area contributed by atoms with E-state index < -0.39 is 5.60 Å². The molecule has 0 spiro atoms. The second-order valence-corrected chi connectivity index (χ2v) is 6.82. The molecule has 24 heavy (non-hydrogen) atoms. The van der Waals surface area contributed by atoms with Gasteiger partial charge in [0.25, 0.3) is 0 Å². The second kappa shape index (κ2) is 10.5. The van der Waals surface area contributed by atoms with Crippen LogP contribution >= 0.6 is 0 Å². The molecule has 0 unspecified atom stereocenters. The highest BCUT2D eigenvalue weighted by Crippen LogP contribution is 2.36. The highest BCUT2D eigenvalue weighted by molar-refractivity contribution is 5.14. The largest absolute Gasteiger partial charge is 0.385 e. The van der Waals surface area contributed by atoms with Crippen molar-refractivity contribution in [3.05, 3.63) is 60.2 Å². The lowest BCUT2D eigenvalue weighted by molar-refractivity contribution is 0.0146. The number of ether oxygens (including phenoxy) is 1. The number of rotatable bonds is 9. The van der Waals surface area contributed by atoms with Crippen molar-refractivity contribution in [3.63, 3.8) is 0 Å². The first-order chi connectivity index (χ1) is 11.7. The molecule has 0 bridgehead atoms. The number of unbranched alkanes of at least 4 members (excludes halogenated alkanes) is 2. The van der Waals surface area contributed by atoms with E-state index in [2.05, 4.69) is 31.2 Å². The Kier molecular flexibility index (Phi) is 8.27. The third-order valence-corrected chi connectivity index (χ3v) is 4.81. The van der Waals surface area contributed by atoms with E-state index in [0.717, 1.165) is 25.7 Å². The van der Waals surface area contributed by atoms with E-state index >= 15 is 0 Å². The zero-order chi connectivity index (χ0) is 17.1. The van der Waals surface area contributed by atoms with Gasteiger partial charge < -0.3 is 9.84 Å². The second-order valence-electron chi connectivity index (χ2n) is 6.82. The van der Waals surface area contributed by atoms with Crippen molar-refractivity contribution in [1.82, 2.24) is 0 Å². The van der Waals surface area contributed by atoms with E-state index in [9.17, 15) is 5.11 Å². The molecule has 1 aromatic rings. The molecule has 1 saturated carbocycles. The fraction of sp³-hybridized carbons (Fsp3) is 0.545. The summed E-state index contributed by atoms with van der Waals surface area (Å²) in [6.07, 6.45) is 16.3. The molecule has 2 heteroatoms. The van der Waals surface area contributed by atoms with Crippen molar-refractivity contribution in [3.8, 4) is 0 Å². The summed E-state index contributed by atoms with van der Waals surface area (Å²) in [5.74, 6) is 0.244. The topological polar surface area (TPSA) is 29.5 Å². The minimum absolute atomic E-state index is 0.244. The summed E-state index contributed by atoms with van der Waals surface area (Å²) in [5, 5.41) is 11.0. The van der Waals surface area contributed by atoms with Gasteiger partial charge in [-0.3, -0.25) is 0 Å². The summed E-state index contributed by atoms with van der Waals surface area (Å²) in [5.41, 5.74) is 0.482. The Balaban J connectivity index is 1.81. The Morgan fingerprint density at radius 1 is 1.21 bits per heavy atom. The van der Waals surface area contributed by atoms with Gasteiger partial charge in [-0.15, -0.1) is 0 Å². The molecule has 0 heterocycles. The highest BCUT2D eigenvalue weighted by Gasteiger charge is 2.34. The van der Waals surface area contributed by atoms with Crippen LogP contribution in [0.2, 0.25) is 0 Å². The van der Waals surface area contributed by atoms with Gasteiger partial charge in [-0.05, 0) is 24.8 Å². The van der Waals surface area contributed by atoms with Crippen LogP contribution in [0.4, 0.5) is 0 Å². The Bertz CT molecular complexity index is 506. The number of benzene rings is 1. The molecular weight excluding hydrogens is 296 g/mol. The Morgan fingerprint density at radius 2 is 2.04 bits per heavy atom. The monoisotopic (exact) mass is 328 g/mol. The van der Waals surface area contributed by atoms with Crippen LogP contribution in [0.1, 0.15) is 57.4 Å². The zero-order valence-electron chi connectivity index (χ0n) is 15.0. The van der Waals surface area contributed by atoms with Crippen LogP contribution in [0.25, 0.3) is 0 Å². The summed E-state index contributed by atoms with van der Waals surface area (Å²) < 4.78 is 5.69. The maximum atomic E-state index is 11.0. The third-order valence-electron chi connectivity index (χ3n) is 4.81. The van der Waals surface area contributed by atoms with Crippen LogP contribution < -0.4 is 0 Å². The van der Waals surface area contributed by atoms with Crippen molar-refractivity contribution in [2.45, 2.75) is 64.1 Å². The maximum Gasteiger partial charge on any atom is 0.0890 e. The van der Waals surface area contributed by atoms with E-state index in [1.165, 1.54) is 24.8 Å².